The molecule has 0 aliphatic carbocycles. The van der Waals surface area contributed by atoms with Crippen molar-refractivity contribution in [3.05, 3.63) is 29.8 Å². The number of nitrogens with one attached hydrogen (secondary N) is 1. The van der Waals surface area contributed by atoms with E-state index in [1.807, 2.05) is 0 Å². The molecular weight excluding hydrogens is 215 g/mol. The number of halogens is 1. The number of hydrogen-bond acceptors (Lipinski definition) is 2. The Balaban J connectivity index is 2.67. The standard InChI is InChI=1S/C14H23FN2/c1-5-6-17-11(2)8-14(3,4)12-7-13(15)10-16-9-12/h7,9-11,17H,5-6,8H2,1-4H3. The lowest BCUT2D eigenvalue weighted by atomic mass is 9.80. The first kappa shape index (κ1) is 14.1. The Labute approximate surface area is 104 Å². The molecule has 2 nitrogen and oxygen atoms in total. The second-order valence-corrected chi connectivity index (χ2v) is 5.34. The van der Waals surface area contributed by atoms with Crippen LogP contribution in [-0.2, 0) is 5.41 Å². The first-order valence-electron chi connectivity index (χ1n) is 6.30. The molecule has 0 aromatic carbocycles. The summed E-state index contributed by atoms with van der Waals surface area (Å²) in [4.78, 5) is 3.92. The van der Waals surface area contributed by atoms with Gasteiger partial charge in [0.05, 0.1) is 6.20 Å². The minimum absolute atomic E-state index is 0.0603. The molecule has 0 amide bonds. The van der Waals surface area contributed by atoms with Crippen molar-refractivity contribution >= 4 is 0 Å². The van der Waals surface area contributed by atoms with Crippen molar-refractivity contribution in [2.75, 3.05) is 6.54 Å². The highest BCUT2D eigenvalue weighted by Crippen LogP contribution is 2.28. The Morgan fingerprint density at radius 1 is 1.41 bits per heavy atom. The van der Waals surface area contributed by atoms with Crippen LogP contribution in [0.25, 0.3) is 0 Å². The zero-order chi connectivity index (χ0) is 12.9. The first-order chi connectivity index (χ1) is 7.95. The van der Waals surface area contributed by atoms with Crippen molar-refractivity contribution in [3.63, 3.8) is 0 Å². The summed E-state index contributed by atoms with van der Waals surface area (Å²) in [5, 5.41) is 3.46. The smallest absolute Gasteiger partial charge is 0.141 e. The maximum Gasteiger partial charge on any atom is 0.141 e. The van der Waals surface area contributed by atoms with E-state index in [1.165, 1.54) is 6.20 Å². The van der Waals surface area contributed by atoms with Gasteiger partial charge in [0, 0.05) is 12.2 Å². The summed E-state index contributed by atoms with van der Waals surface area (Å²) in [7, 11) is 0. The van der Waals surface area contributed by atoms with Crippen molar-refractivity contribution in [2.24, 2.45) is 0 Å². The zero-order valence-electron chi connectivity index (χ0n) is 11.3. The molecule has 96 valence electrons. The van der Waals surface area contributed by atoms with Gasteiger partial charge in [-0.1, -0.05) is 20.8 Å². The molecule has 1 aromatic rings. The fourth-order valence-corrected chi connectivity index (χ4v) is 2.13. The lowest BCUT2D eigenvalue weighted by Gasteiger charge is -2.28. The van der Waals surface area contributed by atoms with Gasteiger partial charge in [0.2, 0.25) is 0 Å². The molecule has 0 fully saturated rings. The molecule has 1 aromatic heterocycles. The van der Waals surface area contributed by atoms with Gasteiger partial charge in [-0.15, -0.1) is 0 Å². The van der Waals surface area contributed by atoms with E-state index in [9.17, 15) is 4.39 Å². The number of rotatable bonds is 6. The fourth-order valence-electron chi connectivity index (χ4n) is 2.13. The molecular formula is C14H23FN2. The number of aromatic nitrogens is 1. The largest absolute Gasteiger partial charge is 0.314 e. The molecule has 0 spiro atoms. The molecule has 0 radical (unpaired) electrons. The van der Waals surface area contributed by atoms with Crippen LogP contribution in [-0.4, -0.2) is 17.6 Å². The van der Waals surface area contributed by atoms with E-state index in [2.05, 4.69) is 38.0 Å². The van der Waals surface area contributed by atoms with E-state index in [4.69, 9.17) is 0 Å². The summed E-state index contributed by atoms with van der Waals surface area (Å²) in [6, 6.07) is 2.01. The molecule has 0 aliphatic rings. The molecule has 0 bridgehead atoms. The molecule has 0 saturated carbocycles. The van der Waals surface area contributed by atoms with E-state index in [0.29, 0.717) is 6.04 Å². The molecule has 1 heterocycles. The van der Waals surface area contributed by atoms with Gasteiger partial charge in [-0.2, -0.15) is 0 Å². The van der Waals surface area contributed by atoms with Crippen LogP contribution in [0.2, 0.25) is 0 Å². The summed E-state index contributed by atoms with van der Waals surface area (Å²) in [5.41, 5.74) is 0.901. The molecule has 0 aliphatic heterocycles. The van der Waals surface area contributed by atoms with Crippen LogP contribution in [0.3, 0.4) is 0 Å². The Kier molecular flexibility index (Phi) is 5.06. The van der Waals surface area contributed by atoms with Crippen LogP contribution in [0.1, 0.15) is 46.1 Å². The van der Waals surface area contributed by atoms with Crippen LogP contribution in [0.15, 0.2) is 18.5 Å². The second-order valence-electron chi connectivity index (χ2n) is 5.34. The summed E-state index contributed by atoms with van der Waals surface area (Å²) in [6.45, 7) is 9.62. The highest BCUT2D eigenvalue weighted by molar-refractivity contribution is 5.20. The highest BCUT2D eigenvalue weighted by atomic mass is 19.1. The molecule has 1 atom stereocenters. The maximum absolute atomic E-state index is 13.2. The topological polar surface area (TPSA) is 24.9 Å². The average molecular weight is 238 g/mol. The lowest BCUT2D eigenvalue weighted by molar-refractivity contribution is 0.387. The minimum atomic E-state index is -0.259. The van der Waals surface area contributed by atoms with Gasteiger partial charge in [-0.25, -0.2) is 4.39 Å². The fraction of sp³-hybridized carbons (Fsp3) is 0.643. The van der Waals surface area contributed by atoms with Crippen LogP contribution >= 0.6 is 0 Å². The van der Waals surface area contributed by atoms with E-state index >= 15 is 0 Å². The van der Waals surface area contributed by atoms with Gasteiger partial charge in [0.15, 0.2) is 0 Å². The Morgan fingerprint density at radius 3 is 2.71 bits per heavy atom. The van der Waals surface area contributed by atoms with E-state index < -0.39 is 0 Å². The molecule has 1 rings (SSSR count). The SMILES string of the molecule is CCCNC(C)CC(C)(C)c1cncc(F)c1. The van der Waals surface area contributed by atoms with Crippen molar-refractivity contribution < 1.29 is 4.39 Å². The predicted molar refractivity (Wildman–Crippen MR) is 69.6 cm³/mol. The Hall–Kier alpha value is -0.960. The number of pyridine rings is 1. The minimum Gasteiger partial charge on any atom is -0.314 e. The van der Waals surface area contributed by atoms with Gasteiger partial charge >= 0.3 is 0 Å². The van der Waals surface area contributed by atoms with Crippen molar-refractivity contribution in [1.82, 2.24) is 10.3 Å². The van der Waals surface area contributed by atoms with Crippen LogP contribution in [0, 0.1) is 5.82 Å². The highest BCUT2D eigenvalue weighted by Gasteiger charge is 2.23. The molecule has 0 saturated heterocycles. The number of hydrogen-bond donors (Lipinski definition) is 1. The van der Waals surface area contributed by atoms with Crippen LogP contribution in [0.4, 0.5) is 4.39 Å². The van der Waals surface area contributed by atoms with E-state index in [1.54, 1.807) is 12.3 Å². The van der Waals surface area contributed by atoms with E-state index in [-0.39, 0.29) is 11.2 Å². The van der Waals surface area contributed by atoms with Gasteiger partial charge in [0.25, 0.3) is 0 Å². The molecule has 17 heavy (non-hydrogen) atoms. The lowest BCUT2D eigenvalue weighted by Crippen LogP contribution is -2.33. The third-order valence-corrected chi connectivity index (χ3v) is 3.05. The normalized spacial score (nSPS) is 13.7. The summed E-state index contributed by atoms with van der Waals surface area (Å²) in [6.07, 6.45) is 5.11. The van der Waals surface area contributed by atoms with Gasteiger partial charge in [0.1, 0.15) is 5.82 Å². The Bertz CT molecular complexity index is 350. The van der Waals surface area contributed by atoms with Crippen molar-refractivity contribution in [1.29, 1.82) is 0 Å². The number of nitrogens with zero attached hydrogens (tertiary/aromatic N) is 1. The Morgan fingerprint density at radius 2 is 2.12 bits per heavy atom. The first-order valence-corrected chi connectivity index (χ1v) is 6.30. The maximum atomic E-state index is 13.2. The summed E-state index contributed by atoms with van der Waals surface area (Å²) in [5.74, 6) is -0.259. The zero-order valence-corrected chi connectivity index (χ0v) is 11.3. The summed E-state index contributed by atoms with van der Waals surface area (Å²) >= 11 is 0. The van der Waals surface area contributed by atoms with Gasteiger partial charge < -0.3 is 5.32 Å². The van der Waals surface area contributed by atoms with Crippen molar-refractivity contribution in [2.45, 2.75) is 52.0 Å². The van der Waals surface area contributed by atoms with Gasteiger partial charge in [-0.05, 0) is 43.4 Å². The quantitative estimate of drug-likeness (QED) is 0.822. The molecule has 1 unspecified atom stereocenters. The third-order valence-electron chi connectivity index (χ3n) is 3.05. The predicted octanol–water partition coefficient (Wildman–Crippen LogP) is 3.28. The molecule has 3 heteroatoms. The van der Waals surface area contributed by atoms with Gasteiger partial charge in [-0.3, -0.25) is 4.98 Å². The third kappa shape index (κ3) is 4.43. The monoisotopic (exact) mass is 238 g/mol. The average Bonchev–Trinajstić information content (AvgIpc) is 2.26. The summed E-state index contributed by atoms with van der Waals surface area (Å²) < 4.78 is 13.2. The van der Waals surface area contributed by atoms with Crippen LogP contribution < -0.4 is 5.32 Å². The van der Waals surface area contributed by atoms with Crippen molar-refractivity contribution in [3.8, 4) is 0 Å². The second kappa shape index (κ2) is 6.10. The van der Waals surface area contributed by atoms with E-state index in [0.717, 1.165) is 24.9 Å². The molecule has 1 N–H and O–H groups in total. The van der Waals surface area contributed by atoms with Crippen LogP contribution in [0.5, 0.6) is 0 Å².